The summed E-state index contributed by atoms with van der Waals surface area (Å²) in [5.41, 5.74) is 6.49. The number of rotatable bonds is 4. The molecule has 1 fully saturated rings. The first-order valence-corrected chi connectivity index (χ1v) is 6.60. The van der Waals surface area contributed by atoms with Gasteiger partial charge in [-0.1, -0.05) is 0 Å². The van der Waals surface area contributed by atoms with E-state index >= 15 is 0 Å². The summed E-state index contributed by atoms with van der Waals surface area (Å²) in [4.78, 5) is 18.4. The fraction of sp³-hybridized carbons (Fsp3) is 0.571. The second-order valence-corrected chi connectivity index (χ2v) is 5.11. The number of nitrogens with zero attached hydrogens (tertiary/aromatic N) is 2. The Morgan fingerprint density at radius 1 is 1.42 bits per heavy atom. The minimum Gasteiger partial charge on any atom is -0.381 e. The van der Waals surface area contributed by atoms with Crippen LogP contribution in [0.25, 0.3) is 0 Å². The second kappa shape index (κ2) is 6.12. The molecule has 1 aromatic rings. The molecule has 0 radical (unpaired) electrons. The first kappa shape index (κ1) is 14.0. The van der Waals surface area contributed by atoms with Gasteiger partial charge in [0.2, 0.25) is 5.91 Å². The van der Waals surface area contributed by atoms with Gasteiger partial charge in [0, 0.05) is 45.7 Å². The zero-order valence-corrected chi connectivity index (χ0v) is 11.3. The first-order valence-electron chi connectivity index (χ1n) is 6.60. The Morgan fingerprint density at radius 3 is 2.63 bits per heavy atom. The van der Waals surface area contributed by atoms with E-state index in [9.17, 15) is 4.79 Å². The molecular formula is C14H21N3O2. The Labute approximate surface area is 113 Å². The van der Waals surface area contributed by atoms with Gasteiger partial charge >= 0.3 is 0 Å². The van der Waals surface area contributed by atoms with Crippen LogP contribution in [0.1, 0.15) is 18.4 Å². The highest BCUT2D eigenvalue weighted by Gasteiger charge is 2.40. The lowest BCUT2D eigenvalue weighted by Crippen LogP contribution is -2.49. The molecule has 5 nitrogen and oxygen atoms in total. The highest BCUT2D eigenvalue weighted by atomic mass is 16.5. The third-order valence-corrected chi connectivity index (χ3v) is 3.81. The van der Waals surface area contributed by atoms with Gasteiger partial charge in [-0.3, -0.25) is 9.78 Å². The van der Waals surface area contributed by atoms with E-state index in [1.54, 1.807) is 17.3 Å². The van der Waals surface area contributed by atoms with Gasteiger partial charge in [0.15, 0.2) is 0 Å². The summed E-state index contributed by atoms with van der Waals surface area (Å²) in [5.74, 6) is 0.120. The van der Waals surface area contributed by atoms with Crippen LogP contribution in [0.5, 0.6) is 0 Å². The van der Waals surface area contributed by atoms with Crippen molar-refractivity contribution in [2.24, 2.45) is 11.1 Å². The SMILES string of the molecule is CN(Cc1ccncc1)C(=O)C1(CN)CCOCC1. The van der Waals surface area contributed by atoms with Gasteiger partial charge in [0.05, 0.1) is 5.41 Å². The molecule has 5 heteroatoms. The van der Waals surface area contributed by atoms with Crippen LogP contribution in [0, 0.1) is 5.41 Å². The lowest BCUT2D eigenvalue weighted by molar-refractivity contribution is -0.146. The highest BCUT2D eigenvalue weighted by molar-refractivity contribution is 5.83. The van der Waals surface area contributed by atoms with Crippen molar-refractivity contribution >= 4 is 5.91 Å². The summed E-state index contributed by atoms with van der Waals surface area (Å²) in [7, 11) is 1.83. The van der Waals surface area contributed by atoms with Crippen molar-refractivity contribution in [1.82, 2.24) is 9.88 Å². The van der Waals surface area contributed by atoms with Crippen LogP contribution in [0.3, 0.4) is 0 Å². The molecule has 1 aliphatic rings. The van der Waals surface area contributed by atoms with Crippen LogP contribution < -0.4 is 5.73 Å². The van der Waals surface area contributed by atoms with Crippen LogP contribution in [-0.4, -0.2) is 42.6 Å². The number of aromatic nitrogens is 1. The topological polar surface area (TPSA) is 68.5 Å². The molecule has 1 amide bonds. The number of carbonyl (C=O) groups is 1. The molecule has 104 valence electrons. The number of amides is 1. The fourth-order valence-corrected chi connectivity index (χ4v) is 2.51. The third kappa shape index (κ3) is 3.11. The number of hydrogen-bond acceptors (Lipinski definition) is 4. The maximum absolute atomic E-state index is 12.6. The van der Waals surface area contributed by atoms with Gasteiger partial charge in [0.1, 0.15) is 0 Å². The van der Waals surface area contributed by atoms with E-state index in [0.29, 0.717) is 39.1 Å². The average molecular weight is 263 g/mol. The number of hydrogen-bond donors (Lipinski definition) is 1. The Morgan fingerprint density at radius 2 is 2.05 bits per heavy atom. The van der Waals surface area contributed by atoms with E-state index in [-0.39, 0.29) is 5.91 Å². The zero-order valence-electron chi connectivity index (χ0n) is 11.3. The molecule has 2 heterocycles. The summed E-state index contributed by atoms with van der Waals surface area (Å²) < 4.78 is 5.34. The van der Waals surface area contributed by atoms with Crippen molar-refractivity contribution in [1.29, 1.82) is 0 Å². The summed E-state index contributed by atoms with van der Waals surface area (Å²) in [6, 6.07) is 3.84. The second-order valence-electron chi connectivity index (χ2n) is 5.11. The molecule has 1 aliphatic heterocycles. The number of carbonyl (C=O) groups excluding carboxylic acids is 1. The minimum absolute atomic E-state index is 0.120. The van der Waals surface area contributed by atoms with Crippen molar-refractivity contribution < 1.29 is 9.53 Å². The van der Waals surface area contributed by atoms with Crippen LogP contribution in [0.4, 0.5) is 0 Å². The normalized spacial score (nSPS) is 18.0. The van der Waals surface area contributed by atoms with E-state index in [1.807, 2.05) is 19.2 Å². The zero-order chi connectivity index (χ0) is 13.7. The van der Waals surface area contributed by atoms with Gasteiger partial charge in [0.25, 0.3) is 0 Å². The van der Waals surface area contributed by atoms with E-state index < -0.39 is 5.41 Å². The molecule has 0 bridgehead atoms. The molecular weight excluding hydrogens is 242 g/mol. The third-order valence-electron chi connectivity index (χ3n) is 3.81. The molecule has 2 rings (SSSR count). The van der Waals surface area contributed by atoms with Crippen LogP contribution in [0.15, 0.2) is 24.5 Å². The predicted octanol–water partition coefficient (Wildman–Crippen LogP) is 0.795. The van der Waals surface area contributed by atoms with E-state index in [1.165, 1.54) is 0 Å². The summed E-state index contributed by atoms with van der Waals surface area (Å²) in [6.07, 6.45) is 4.90. The van der Waals surface area contributed by atoms with Crippen LogP contribution in [0.2, 0.25) is 0 Å². The fourth-order valence-electron chi connectivity index (χ4n) is 2.51. The van der Waals surface area contributed by atoms with Gasteiger partial charge in [-0.15, -0.1) is 0 Å². The molecule has 0 atom stereocenters. The Balaban J connectivity index is 2.05. The van der Waals surface area contributed by atoms with E-state index in [2.05, 4.69) is 4.98 Å². The van der Waals surface area contributed by atoms with Crippen LogP contribution >= 0.6 is 0 Å². The molecule has 19 heavy (non-hydrogen) atoms. The van der Waals surface area contributed by atoms with Crippen molar-refractivity contribution in [3.63, 3.8) is 0 Å². The predicted molar refractivity (Wildman–Crippen MR) is 72.3 cm³/mol. The lowest BCUT2D eigenvalue weighted by atomic mass is 9.79. The molecule has 0 spiro atoms. The number of ether oxygens (including phenoxy) is 1. The summed E-state index contributed by atoms with van der Waals surface area (Å²) in [6.45, 7) is 2.21. The maximum atomic E-state index is 12.6. The Kier molecular flexibility index (Phi) is 4.50. The van der Waals surface area contributed by atoms with Gasteiger partial charge in [-0.2, -0.15) is 0 Å². The number of nitrogens with two attached hydrogens (primary N) is 1. The molecule has 0 saturated carbocycles. The molecule has 0 aliphatic carbocycles. The smallest absolute Gasteiger partial charge is 0.230 e. The largest absolute Gasteiger partial charge is 0.381 e. The summed E-state index contributed by atoms with van der Waals surface area (Å²) >= 11 is 0. The first-order chi connectivity index (χ1) is 9.18. The minimum atomic E-state index is -0.444. The van der Waals surface area contributed by atoms with Gasteiger partial charge < -0.3 is 15.4 Å². The molecule has 2 N–H and O–H groups in total. The number of pyridine rings is 1. The molecule has 1 saturated heterocycles. The monoisotopic (exact) mass is 263 g/mol. The van der Waals surface area contributed by atoms with Crippen molar-refractivity contribution in [2.45, 2.75) is 19.4 Å². The standard InChI is InChI=1S/C14H21N3O2/c1-17(10-12-2-6-16-7-3-12)13(18)14(11-15)4-8-19-9-5-14/h2-3,6-7H,4-5,8-11,15H2,1H3. The highest BCUT2D eigenvalue weighted by Crippen LogP contribution is 2.31. The molecule has 1 aromatic heterocycles. The van der Waals surface area contributed by atoms with Crippen molar-refractivity contribution in [2.75, 3.05) is 26.8 Å². The Bertz CT molecular complexity index is 416. The summed E-state index contributed by atoms with van der Waals surface area (Å²) in [5, 5.41) is 0. The van der Waals surface area contributed by atoms with Gasteiger partial charge in [-0.05, 0) is 30.5 Å². The van der Waals surface area contributed by atoms with E-state index in [0.717, 1.165) is 5.56 Å². The van der Waals surface area contributed by atoms with Gasteiger partial charge in [-0.25, -0.2) is 0 Å². The van der Waals surface area contributed by atoms with Crippen LogP contribution in [-0.2, 0) is 16.1 Å². The van der Waals surface area contributed by atoms with Crippen molar-refractivity contribution in [3.8, 4) is 0 Å². The molecule has 0 unspecified atom stereocenters. The average Bonchev–Trinajstić information content (AvgIpc) is 2.48. The Hall–Kier alpha value is -1.46. The maximum Gasteiger partial charge on any atom is 0.230 e. The van der Waals surface area contributed by atoms with E-state index in [4.69, 9.17) is 10.5 Å². The molecule has 0 aromatic carbocycles. The lowest BCUT2D eigenvalue weighted by Gasteiger charge is -2.37. The quantitative estimate of drug-likeness (QED) is 0.872. The van der Waals surface area contributed by atoms with Crippen molar-refractivity contribution in [3.05, 3.63) is 30.1 Å².